The lowest BCUT2D eigenvalue weighted by Gasteiger charge is -2.33. The largest absolute Gasteiger partial charge is 0.497 e. The average molecular weight is 417 g/mol. The molecule has 164 valence electrons. The normalized spacial score (nSPS) is 15.0. The van der Waals surface area contributed by atoms with Crippen molar-refractivity contribution in [2.45, 2.75) is 64.4 Å². The second kappa shape index (κ2) is 12.4. The fraction of sp³-hybridized carbons (Fsp3) is 0.448. The fourth-order valence-electron chi connectivity index (χ4n) is 4.36. The van der Waals surface area contributed by atoms with Crippen molar-refractivity contribution < 1.29 is 9.47 Å². The Kier molecular flexibility index (Phi) is 9.25. The van der Waals surface area contributed by atoms with Gasteiger partial charge in [-0.25, -0.2) is 0 Å². The molecular formula is C29H36O2. The molecule has 31 heavy (non-hydrogen) atoms. The van der Waals surface area contributed by atoms with E-state index in [4.69, 9.17) is 9.47 Å². The molecule has 1 aliphatic carbocycles. The molecule has 0 aromatic heterocycles. The van der Waals surface area contributed by atoms with Crippen molar-refractivity contribution >= 4 is 0 Å². The zero-order valence-corrected chi connectivity index (χ0v) is 19.0. The number of allylic oxidation sites excluding steroid dienone is 1. The molecule has 0 unspecified atom stereocenters. The summed E-state index contributed by atoms with van der Waals surface area (Å²) in [7, 11) is 1.69. The summed E-state index contributed by atoms with van der Waals surface area (Å²) in [5.74, 6) is 7.99. The van der Waals surface area contributed by atoms with Crippen LogP contribution in [0.25, 0.3) is 0 Å². The van der Waals surface area contributed by atoms with E-state index >= 15 is 0 Å². The van der Waals surface area contributed by atoms with Crippen molar-refractivity contribution in [3.8, 4) is 17.6 Å². The van der Waals surface area contributed by atoms with Crippen LogP contribution in [0.15, 0.2) is 66.7 Å². The lowest BCUT2D eigenvalue weighted by Crippen LogP contribution is -2.23. The minimum Gasteiger partial charge on any atom is -0.497 e. The molecule has 0 heterocycles. The number of hydrogen-bond acceptors (Lipinski definition) is 2. The maximum absolute atomic E-state index is 5.81. The Hall–Kier alpha value is -2.50. The van der Waals surface area contributed by atoms with E-state index in [9.17, 15) is 0 Å². The third-order valence-electron chi connectivity index (χ3n) is 6.14. The van der Waals surface area contributed by atoms with Crippen LogP contribution in [-0.4, -0.2) is 13.7 Å². The van der Waals surface area contributed by atoms with Gasteiger partial charge in [0.15, 0.2) is 0 Å². The molecule has 0 aliphatic heterocycles. The number of hydrogen-bond donors (Lipinski definition) is 0. The Morgan fingerprint density at radius 3 is 2.42 bits per heavy atom. The van der Waals surface area contributed by atoms with Gasteiger partial charge in [-0.1, -0.05) is 73.6 Å². The molecule has 1 aliphatic rings. The summed E-state index contributed by atoms with van der Waals surface area (Å²) in [6.45, 7) is 5.92. The molecule has 2 heteroatoms. The van der Waals surface area contributed by atoms with Gasteiger partial charge in [0.1, 0.15) is 5.75 Å². The highest BCUT2D eigenvalue weighted by Crippen LogP contribution is 2.41. The summed E-state index contributed by atoms with van der Waals surface area (Å²) in [6.07, 6.45) is 10.6. The second-order valence-corrected chi connectivity index (χ2v) is 8.74. The third-order valence-corrected chi connectivity index (χ3v) is 6.14. The van der Waals surface area contributed by atoms with E-state index in [0.717, 1.165) is 43.6 Å². The van der Waals surface area contributed by atoms with Gasteiger partial charge in [0, 0.05) is 17.6 Å². The first-order chi connectivity index (χ1) is 15.2. The molecule has 2 nitrogen and oxygen atoms in total. The third kappa shape index (κ3) is 7.93. The van der Waals surface area contributed by atoms with Crippen LogP contribution in [-0.2, 0) is 11.3 Å². The van der Waals surface area contributed by atoms with E-state index in [0.29, 0.717) is 6.61 Å². The lowest BCUT2D eigenvalue weighted by molar-refractivity contribution is 0.117. The molecule has 1 saturated carbocycles. The molecule has 3 rings (SSSR count). The molecule has 2 aromatic rings. The molecule has 1 fully saturated rings. The summed E-state index contributed by atoms with van der Waals surface area (Å²) >= 11 is 0. The van der Waals surface area contributed by atoms with Gasteiger partial charge in [-0.3, -0.25) is 0 Å². The first-order valence-corrected chi connectivity index (χ1v) is 11.6. The Morgan fingerprint density at radius 2 is 1.71 bits per heavy atom. The molecule has 0 spiro atoms. The molecule has 0 amide bonds. The monoisotopic (exact) mass is 416 g/mol. The van der Waals surface area contributed by atoms with E-state index in [-0.39, 0.29) is 5.41 Å². The quantitative estimate of drug-likeness (QED) is 0.229. The van der Waals surface area contributed by atoms with Crippen molar-refractivity contribution in [3.63, 3.8) is 0 Å². The number of rotatable bonds is 10. The van der Waals surface area contributed by atoms with Gasteiger partial charge in [-0.2, -0.15) is 0 Å². The van der Waals surface area contributed by atoms with E-state index < -0.39 is 0 Å². The SMILES string of the molecule is C=C(CCCCOCc1ccccc1)CC1(C#Cc2ccc(OC)cc2)CCCCC1. The van der Waals surface area contributed by atoms with E-state index in [1.807, 2.05) is 30.3 Å². The smallest absolute Gasteiger partial charge is 0.118 e. The van der Waals surface area contributed by atoms with Gasteiger partial charge in [0.25, 0.3) is 0 Å². The van der Waals surface area contributed by atoms with Gasteiger partial charge in [-0.15, -0.1) is 0 Å². The highest BCUT2D eigenvalue weighted by atomic mass is 16.5. The van der Waals surface area contributed by atoms with Crippen LogP contribution in [0.3, 0.4) is 0 Å². The van der Waals surface area contributed by atoms with Crippen LogP contribution in [0.4, 0.5) is 0 Å². The van der Waals surface area contributed by atoms with Crippen molar-refractivity contribution in [3.05, 3.63) is 77.9 Å². The molecule has 0 atom stereocenters. The van der Waals surface area contributed by atoms with Gasteiger partial charge in [0.05, 0.1) is 13.7 Å². The van der Waals surface area contributed by atoms with Crippen molar-refractivity contribution in [2.75, 3.05) is 13.7 Å². The molecule has 0 radical (unpaired) electrons. The maximum Gasteiger partial charge on any atom is 0.118 e. The average Bonchev–Trinajstić information content (AvgIpc) is 2.81. The highest BCUT2D eigenvalue weighted by Gasteiger charge is 2.30. The molecule has 2 aromatic carbocycles. The van der Waals surface area contributed by atoms with Crippen LogP contribution < -0.4 is 4.74 Å². The minimum absolute atomic E-state index is 0.0963. The zero-order chi connectivity index (χ0) is 21.8. The van der Waals surface area contributed by atoms with Gasteiger partial charge in [0.2, 0.25) is 0 Å². The number of unbranched alkanes of at least 4 members (excludes halogenated alkanes) is 1. The van der Waals surface area contributed by atoms with Crippen LogP contribution >= 0.6 is 0 Å². The Labute approximate surface area is 188 Å². The summed E-state index contributed by atoms with van der Waals surface area (Å²) in [5.41, 5.74) is 3.74. The Morgan fingerprint density at radius 1 is 0.968 bits per heavy atom. The van der Waals surface area contributed by atoms with Crippen molar-refractivity contribution in [2.24, 2.45) is 5.41 Å². The predicted octanol–water partition coefficient (Wildman–Crippen LogP) is 7.33. The summed E-state index contributed by atoms with van der Waals surface area (Å²) in [4.78, 5) is 0. The number of ether oxygens (including phenoxy) is 2. The van der Waals surface area contributed by atoms with E-state index in [2.05, 4.69) is 42.7 Å². The minimum atomic E-state index is 0.0963. The maximum atomic E-state index is 5.81. The topological polar surface area (TPSA) is 18.5 Å². The van der Waals surface area contributed by atoms with Gasteiger partial charge in [-0.05, 0) is 68.4 Å². The Balaban J connectivity index is 1.45. The second-order valence-electron chi connectivity index (χ2n) is 8.74. The molecule has 0 N–H and O–H groups in total. The van der Waals surface area contributed by atoms with Crippen LogP contribution in [0.2, 0.25) is 0 Å². The van der Waals surface area contributed by atoms with E-state index in [1.165, 1.54) is 43.2 Å². The lowest BCUT2D eigenvalue weighted by atomic mass is 9.70. The Bertz CT molecular complexity index is 849. The van der Waals surface area contributed by atoms with Gasteiger partial charge < -0.3 is 9.47 Å². The summed E-state index contributed by atoms with van der Waals surface area (Å²) in [6, 6.07) is 18.4. The van der Waals surface area contributed by atoms with Gasteiger partial charge >= 0.3 is 0 Å². The first-order valence-electron chi connectivity index (χ1n) is 11.6. The summed E-state index contributed by atoms with van der Waals surface area (Å²) < 4.78 is 11.1. The first kappa shape index (κ1) is 23.2. The van der Waals surface area contributed by atoms with Crippen LogP contribution in [0.5, 0.6) is 5.75 Å². The van der Waals surface area contributed by atoms with Crippen molar-refractivity contribution in [1.82, 2.24) is 0 Å². The molecule has 0 saturated heterocycles. The van der Waals surface area contributed by atoms with Crippen molar-refractivity contribution in [1.29, 1.82) is 0 Å². The standard InChI is InChI=1S/C29H36O2/c1-25(11-7-10-22-31-24-27-12-5-3-6-13-27)23-29(19-8-4-9-20-29)21-18-26-14-16-28(30-2)17-15-26/h3,5-6,12-17H,1,4,7-11,19-20,22-24H2,2H3. The van der Waals surface area contributed by atoms with E-state index in [1.54, 1.807) is 7.11 Å². The highest BCUT2D eigenvalue weighted by molar-refractivity contribution is 5.39. The number of benzene rings is 2. The van der Waals surface area contributed by atoms with Crippen LogP contribution in [0.1, 0.15) is 68.9 Å². The molecular weight excluding hydrogens is 380 g/mol. The number of methoxy groups -OCH3 is 1. The zero-order valence-electron chi connectivity index (χ0n) is 19.0. The fourth-order valence-corrected chi connectivity index (χ4v) is 4.36. The summed E-state index contributed by atoms with van der Waals surface area (Å²) in [5, 5.41) is 0. The van der Waals surface area contributed by atoms with Crippen LogP contribution in [0, 0.1) is 17.3 Å². The predicted molar refractivity (Wildman–Crippen MR) is 129 cm³/mol. The molecule has 0 bridgehead atoms.